The van der Waals surface area contributed by atoms with Gasteiger partial charge in [0, 0.05) is 32.1 Å². The lowest BCUT2D eigenvalue weighted by atomic mass is 9.92. The number of benzene rings is 1. The molecule has 2 aliphatic heterocycles. The number of carbonyl (C=O) groups excluding carboxylic acids is 2. The van der Waals surface area contributed by atoms with Gasteiger partial charge in [-0.25, -0.2) is 4.39 Å². The van der Waals surface area contributed by atoms with Crippen molar-refractivity contribution in [2.75, 3.05) is 26.2 Å². The van der Waals surface area contributed by atoms with Crippen molar-refractivity contribution in [3.8, 4) is 0 Å². The first-order valence-corrected chi connectivity index (χ1v) is 9.34. The molecule has 0 saturated carbocycles. The second-order valence-electron chi connectivity index (χ2n) is 7.49. The Morgan fingerprint density at radius 2 is 1.88 bits per heavy atom. The quantitative estimate of drug-likeness (QED) is 0.844. The van der Waals surface area contributed by atoms with E-state index in [1.807, 2.05) is 9.80 Å². The Morgan fingerprint density at radius 3 is 2.56 bits per heavy atom. The molecule has 1 aromatic carbocycles. The number of carbonyl (C=O) groups is 2. The van der Waals surface area contributed by atoms with Crippen LogP contribution in [-0.2, 0) is 16.0 Å². The summed E-state index contributed by atoms with van der Waals surface area (Å²) in [5, 5.41) is 0. The third kappa shape index (κ3) is 4.59. The van der Waals surface area contributed by atoms with Crippen LogP contribution < -0.4 is 0 Å². The molecule has 136 valence electrons. The average molecular weight is 346 g/mol. The van der Waals surface area contributed by atoms with Gasteiger partial charge in [0.2, 0.25) is 11.8 Å². The Balaban J connectivity index is 1.49. The van der Waals surface area contributed by atoms with Crippen molar-refractivity contribution in [2.24, 2.45) is 11.8 Å². The maximum Gasteiger partial charge on any atom is 0.226 e. The van der Waals surface area contributed by atoms with Gasteiger partial charge in [0.1, 0.15) is 5.82 Å². The van der Waals surface area contributed by atoms with Crippen LogP contribution in [0, 0.1) is 17.7 Å². The smallest absolute Gasteiger partial charge is 0.226 e. The molecule has 25 heavy (non-hydrogen) atoms. The van der Waals surface area contributed by atoms with Gasteiger partial charge in [0.15, 0.2) is 0 Å². The molecule has 5 heteroatoms. The first-order valence-electron chi connectivity index (χ1n) is 9.34. The second kappa shape index (κ2) is 7.98. The lowest BCUT2D eigenvalue weighted by molar-refractivity contribution is -0.141. The fourth-order valence-corrected chi connectivity index (χ4v) is 3.96. The lowest BCUT2D eigenvalue weighted by Crippen LogP contribution is -2.47. The third-order valence-electron chi connectivity index (χ3n) is 5.41. The lowest BCUT2D eigenvalue weighted by Gasteiger charge is -2.37. The molecule has 1 atom stereocenters. The summed E-state index contributed by atoms with van der Waals surface area (Å²) < 4.78 is 13.2. The Morgan fingerprint density at radius 1 is 1.12 bits per heavy atom. The number of hydrogen-bond donors (Lipinski definition) is 0. The molecule has 2 heterocycles. The van der Waals surface area contributed by atoms with Crippen LogP contribution in [0.4, 0.5) is 4.39 Å². The molecule has 3 rings (SSSR count). The van der Waals surface area contributed by atoms with Crippen LogP contribution in [-0.4, -0.2) is 47.8 Å². The van der Waals surface area contributed by atoms with Crippen molar-refractivity contribution in [3.63, 3.8) is 0 Å². The van der Waals surface area contributed by atoms with Crippen molar-refractivity contribution >= 4 is 11.8 Å². The van der Waals surface area contributed by atoms with E-state index in [-0.39, 0.29) is 30.0 Å². The summed E-state index contributed by atoms with van der Waals surface area (Å²) in [6, 6.07) is 6.19. The Hall–Kier alpha value is -1.91. The van der Waals surface area contributed by atoms with Crippen LogP contribution in [0.5, 0.6) is 0 Å². The van der Waals surface area contributed by atoms with E-state index in [2.05, 4.69) is 6.92 Å². The maximum atomic E-state index is 13.2. The Bertz CT molecular complexity index is 626. The highest BCUT2D eigenvalue weighted by atomic mass is 19.1. The topological polar surface area (TPSA) is 40.6 Å². The summed E-state index contributed by atoms with van der Waals surface area (Å²) in [4.78, 5) is 28.9. The molecule has 0 bridgehead atoms. The second-order valence-corrected chi connectivity index (χ2v) is 7.49. The van der Waals surface area contributed by atoms with Crippen molar-refractivity contribution < 1.29 is 14.0 Å². The van der Waals surface area contributed by atoms with Crippen LogP contribution in [0.3, 0.4) is 0 Å². The number of amides is 2. The minimum Gasteiger partial charge on any atom is -0.342 e. The van der Waals surface area contributed by atoms with Crippen molar-refractivity contribution in [2.45, 2.75) is 39.0 Å². The van der Waals surface area contributed by atoms with Crippen LogP contribution in [0.1, 0.15) is 38.2 Å². The molecule has 1 aromatic rings. The summed E-state index contributed by atoms with van der Waals surface area (Å²) >= 11 is 0. The van der Waals surface area contributed by atoms with Gasteiger partial charge < -0.3 is 9.80 Å². The molecule has 2 fully saturated rings. The highest BCUT2D eigenvalue weighted by molar-refractivity contribution is 5.81. The average Bonchev–Trinajstić information content (AvgIpc) is 2.61. The van der Waals surface area contributed by atoms with E-state index in [4.69, 9.17) is 0 Å². The minimum absolute atomic E-state index is 0.0168. The molecule has 1 unspecified atom stereocenters. The molecule has 0 spiro atoms. The molecular weight excluding hydrogens is 319 g/mol. The van der Waals surface area contributed by atoms with Crippen LogP contribution >= 0.6 is 0 Å². The number of nitrogens with zero attached hydrogens (tertiary/aromatic N) is 2. The SMILES string of the molecule is CC1CCCN(C(=O)C2CCN(C(=O)Cc3cccc(F)c3)CC2)C1. The molecule has 0 radical (unpaired) electrons. The molecule has 0 aliphatic carbocycles. The fraction of sp³-hybridized carbons (Fsp3) is 0.600. The summed E-state index contributed by atoms with van der Waals surface area (Å²) in [6.45, 7) is 5.19. The highest BCUT2D eigenvalue weighted by Gasteiger charge is 2.31. The zero-order valence-corrected chi connectivity index (χ0v) is 14.9. The Kier molecular flexibility index (Phi) is 5.71. The van der Waals surface area contributed by atoms with E-state index >= 15 is 0 Å². The summed E-state index contributed by atoms with van der Waals surface area (Å²) in [7, 11) is 0. The maximum absolute atomic E-state index is 13.2. The highest BCUT2D eigenvalue weighted by Crippen LogP contribution is 2.24. The number of hydrogen-bond acceptors (Lipinski definition) is 2. The standard InChI is InChI=1S/C20H27FN2O2/c1-15-4-3-9-23(14-15)20(25)17-7-10-22(11-8-17)19(24)13-16-5-2-6-18(21)12-16/h2,5-6,12,15,17H,3-4,7-11,13-14H2,1H3. The van der Waals surface area contributed by atoms with Crippen LogP contribution in [0.2, 0.25) is 0 Å². The van der Waals surface area contributed by atoms with Gasteiger partial charge >= 0.3 is 0 Å². The monoisotopic (exact) mass is 346 g/mol. The van der Waals surface area contributed by atoms with Gasteiger partial charge in [-0.3, -0.25) is 9.59 Å². The largest absolute Gasteiger partial charge is 0.342 e. The Labute approximate surface area is 149 Å². The van der Waals surface area contributed by atoms with Gasteiger partial charge in [-0.05, 0) is 49.3 Å². The van der Waals surface area contributed by atoms with E-state index in [9.17, 15) is 14.0 Å². The predicted molar refractivity (Wildman–Crippen MR) is 94.4 cm³/mol. The first-order chi connectivity index (χ1) is 12.0. The minimum atomic E-state index is -0.314. The van der Waals surface area contributed by atoms with E-state index < -0.39 is 0 Å². The third-order valence-corrected chi connectivity index (χ3v) is 5.41. The van der Waals surface area contributed by atoms with Gasteiger partial charge in [0.25, 0.3) is 0 Å². The van der Waals surface area contributed by atoms with E-state index in [0.717, 1.165) is 32.4 Å². The zero-order chi connectivity index (χ0) is 17.8. The van der Waals surface area contributed by atoms with Gasteiger partial charge in [-0.1, -0.05) is 19.1 Å². The van der Waals surface area contributed by atoms with Crippen molar-refractivity contribution in [3.05, 3.63) is 35.6 Å². The van der Waals surface area contributed by atoms with Gasteiger partial charge in [0.05, 0.1) is 6.42 Å². The molecule has 0 N–H and O–H groups in total. The number of piperidine rings is 2. The van der Waals surface area contributed by atoms with E-state index in [1.165, 1.54) is 18.6 Å². The van der Waals surface area contributed by atoms with Gasteiger partial charge in [-0.2, -0.15) is 0 Å². The zero-order valence-electron chi connectivity index (χ0n) is 14.9. The summed E-state index contributed by atoms with van der Waals surface area (Å²) in [5.41, 5.74) is 0.700. The summed E-state index contributed by atoms with van der Waals surface area (Å²) in [6.07, 6.45) is 3.99. The number of rotatable bonds is 3. The number of halogens is 1. The van der Waals surface area contributed by atoms with Crippen molar-refractivity contribution in [1.29, 1.82) is 0 Å². The van der Waals surface area contributed by atoms with Crippen LogP contribution in [0.15, 0.2) is 24.3 Å². The van der Waals surface area contributed by atoms with E-state index in [1.54, 1.807) is 12.1 Å². The molecule has 2 aliphatic rings. The fourth-order valence-electron chi connectivity index (χ4n) is 3.96. The number of likely N-dealkylation sites (tertiary alicyclic amines) is 2. The first kappa shape index (κ1) is 17.9. The molecule has 2 amide bonds. The molecule has 2 saturated heterocycles. The van der Waals surface area contributed by atoms with Crippen LogP contribution in [0.25, 0.3) is 0 Å². The molecule has 4 nitrogen and oxygen atoms in total. The van der Waals surface area contributed by atoms with Crippen molar-refractivity contribution in [1.82, 2.24) is 9.80 Å². The molecular formula is C20H27FN2O2. The normalized spacial score (nSPS) is 22.1. The molecule has 0 aromatic heterocycles. The van der Waals surface area contributed by atoms with Gasteiger partial charge in [-0.15, -0.1) is 0 Å². The predicted octanol–water partition coefficient (Wildman–Crippen LogP) is 2.87. The summed E-state index contributed by atoms with van der Waals surface area (Å²) in [5.74, 6) is 0.603. The van der Waals surface area contributed by atoms with E-state index in [0.29, 0.717) is 24.6 Å².